The fraction of sp³-hybridized carbons (Fsp3) is 0. The molecule has 0 aliphatic heterocycles. The third-order valence-corrected chi connectivity index (χ3v) is 12.8. The fourth-order valence-corrected chi connectivity index (χ4v) is 7.97. The molecule has 10 aromatic carbocycles. The molecule has 14 aromatic rings. The van der Waals surface area contributed by atoms with E-state index >= 15 is 0 Å². The smallest absolute Gasteiger partial charge is 0.545 e. The molecular formula is C80H58Eu2N4O16. The number of carbonyl (C=O) groups excluding carboxylic acids is 6. The van der Waals surface area contributed by atoms with E-state index in [0.717, 1.165) is 43.6 Å². The van der Waals surface area contributed by atoms with Crippen LogP contribution in [0.5, 0.6) is 0 Å². The molecule has 0 saturated heterocycles. The van der Waals surface area contributed by atoms with Crippen LogP contribution in [0.25, 0.3) is 43.6 Å². The molecular weight excluding hydrogens is 1580 g/mol. The predicted octanol–water partition coefficient (Wildman–Crippen LogP) is 8.64. The number of nitrogens with zero attached hydrogens (tertiary/aromatic N) is 4. The SMILES string of the molecule is O=C(O)c1ccccc1.O=C(O)c1ccccc1.O=C([O-])c1ccccc1.O=C([O-])c1ccccc1.O=C([O-])c1ccccc1.O=C([O-])c1ccccc1.O=C([O-])c1ccccc1.O=C([O-])c1ccccc1.[Eu+3].[Eu+3].c1cnc2c(c1)ccc1cccnc12.c1cnc2c(c1)ccc1cccnc12. The molecule has 0 saturated carbocycles. The molecule has 2 N–H and O–H groups in total. The molecule has 0 amide bonds. The number of rotatable bonds is 8. The first-order valence-corrected chi connectivity index (χ1v) is 29.7. The van der Waals surface area contributed by atoms with Gasteiger partial charge in [0.15, 0.2) is 0 Å². The molecule has 102 heavy (non-hydrogen) atoms. The molecule has 14 rings (SSSR count). The van der Waals surface area contributed by atoms with Gasteiger partial charge in [0.2, 0.25) is 0 Å². The zero-order valence-corrected chi connectivity index (χ0v) is 58.3. The summed E-state index contributed by atoms with van der Waals surface area (Å²) >= 11 is 0. The Hall–Kier alpha value is -11.2. The molecule has 0 radical (unpaired) electrons. The van der Waals surface area contributed by atoms with E-state index in [4.69, 9.17) is 10.2 Å². The van der Waals surface area contributed by atoms with E-state index in [1.807, 2.05) is 24.3 Å². The number of carbonyl (C=O) groups is 8. The number of aromatic carboxylic acids is 8. The van der Waals surface area contributed by atoms with E-state index in [-0.39, 0.29) is 132 Å². The number of carboxylic acids is 8. The Morgan fingerprint density at radius 3 is 0.441 bits per heavy atom. The van der Waals surface area contributed by atoms with Crippen molar-refractivity contribution in [1.29, 1.82) is 0 Å². The number of benzene rings is 10. The summed E-state index contributed by atoms with van der Waals surface area (Å²) in [7, 11) is 0. The average Bonchev–Trinajstić information content (AvgIpc) is 0.805. The van der Waals surface area contributed by atoms with Gasteiger partial charge in [-0.15, -0.1) is 0 Å². The van der Waals surface area contributed by atoms with Crippen molar-refractivity contribution in [1.82, 2.24) is 19.9 Å². The van der Waals surface area contributed by atoms with Crippen molar-refractivity contribution < 1.29 is 178 Å². The van der Waals surface area contributed by atoms with Crippen molar-refractivity contribution in [3.8, 4) is 0 Å². The summed E-state index contributed by atoms with van der Waals surface area (Å²) in [5, 5.41) is 81.9. The molecule has 0 fully saturated rings. The first kappa shape index (κ1) is 85.0. The van der Waals surface area contributed by atoms with Crippen LogP contribution in [0.1, 0.15) is 82.9 Å². The molecule has 0 spiro atoms. The van der Waals surface area contributed by atoms with Gasteiger partial charge in [-0.05, 0) is 81.9 Å². The van der Waals surface area contributed by atoms with Gasteiger partial charge in [-0.1, -0.05) is 267 Å². The molecule has 0 bridgehead atoms. The Kier molecular flexibility index (Phi) is 40.4. The monoisotopic (exact) mass is 1640 g/mol. The number of fused-ring (bicyclic) bond motifs is 6. The van der Waals surface area contributed by atoms with E-state index in [1.54, 1.807) is 195 Å². The Bertz CT molecular complexity index is 4040. The van der Waals surface area contributed by atoms with Crippen molar-refractivity contribution >= 4 is 91.4 Å². The van der Waals surface area contributed by atoms with Gasteiger partial charge in [-0.2, -0.15) is 0 Å². The molecule has 0 unspecified atom stereocenters. The second-order valence-electron chi connectivity index (χ2n) is 19.7. The molecule has 0 aliphatic rings. The van der Waals surface area contributed by atoms with Gasteiger partial charge in [-0.25, -0.2) is 9.59 Å². The largest absolute Gasteiger partial charge is 3.00 e. The molecule has 22 heteroatoms. The molecule has 508 valence electrons. The molecule has 20 nitrogen and oxygen atoms in total. The summed E-state index contributed by atoms with van der Waals surface area (Å²) in [6.07, 6.45) is 7.21. The Labute approximate surface area is 666 Å². The van der Waals surface area contributed by atoms with Crippen molar-refractivity contribution in [2.24, 2.45) is 0 Å². The first-order valence-electron chi connectivity index (χ1n) is 29.7. The number of carboxylic acid groups (broad SMARTS) is 8. The molecule has 4 aromatic heterocycles. The van der Waals surface area contributed by atoms with Crippen LogP contribution in [-0.4, -0.2) is 77.9 Å². The number of aromatic nitrogens is 4. The minimum absolute atomic E-state index is 0. The average molecular weight is 1640 g/mol. The molecule has 0 atom stereocenters. The van der Waals surface area contributed by atoms with Crippen molar-refractivity contribution in [2.45, 2.75) is 0 Å². The standard InChI is InChI=1S/2C12H8N2.8C7H6O2.2Eu/c2*1-3-9-5-6-10-4-2-8-14-12(10)11(9)13-7-1;8*8-7(9)6-4-2-1-3-5-6;;/h2*1-8H;8*1-5H,(H,8,9);;/q;;;;;;;;;;2*+3/p-6. The van der Waals surface area contributed by atoms with Gasteiger partial charge in [0, 0.05) is 46.3 Å². The molecule has 4 heterocycles. The van der Waals surface area contributed by atoms with Crippen LogP contribution in [0.2, 0.25) is 0 Å². The summed E-state index contributed by atoms with van der Waals surface area (Å²) in [6.45, 7) is 0. The van der Waals surface area contributed by atoms with Gasteiger partial charge in [0.25, 0.3) is 0 Å². The van der Waals surface area contributed by atoms with E-state index < -0.39 is 47.8 Å². The van der Waals surface area contributed by atoms with Gasteiger partial charge in [-0.3, -0.25) is 19.9 Å². The van der Waals surface area contributed by atoms with Crippen molar-refractivity contribution in [2.75, 3.05) is 0 Å². The summed E-state index contributed by atoms with van der Waals surface area (Å²) in [5.41, 5.74) is 5.89. The third-order valence-electron chi connectivity index (χ3n) is 12.8. The van der Waals surface area contributed by atoms with Gasteiger partial charge >= 0.3 is 111 Å². The predicted molar refractivity (Wildman–Crippen MR) is 366 cm³/mol. The van der Waals surface area contributed by atoms with Gasteiger partial charge in [0.1, 0.15) is 0 Å². The summed E-state index contributed by atoms with van der Waals surface area (Å²) in [4.78, 5) is 98.3. The van der Waals surface area contributed by atoms with Crippen LogP contribution in [-0.2, 0) is 0 Å². The molecule has 0 aliphatic carbocycles. The number of hydrogen-bond acceptors (Lipinski definition) is 18. The topological polar surface area (TPSA) is 367 Å². The first-order chi connectivity index (χ1) is 48.3. The van der Waals surface area contributed by atoms with Crippen LogP contribution < -0.4 is 30.6 Å². The second kappa shape index (κ2) is 48.5. The van der Waals surface area contributed by atoms with Crippen molar-refractivity contribution in [3.63, 3.8) is 0 Å². The normalized spacial score (nSPS) is 9.25. The Balaban J connectivity index is 0.000000296. The van der Waals surface area contributed by atoms with E-state index in [2.05, 4.69) is 68.5 Å². The number of pyridine rings is 4. The minimum Gasteiger partial charge on any atom is -0.545 e. The fourth-order valence-electron chi connectivity index (χ4n) is 7.97. The second-order valence-corrected chi connectivity index (χ2v) is 19.7. The van der Waals surface area contributed by atoms with Crippen LogP contribution in [0.4, 0.5) is 0 Å². The minimum atomic E-state index is -1.13. The Morgan fingerprint density at radius 2 is 0.333 bits per heavy atom. The van der Waals surface area contributed by atoms with Crippen LogP contribution in [0.15, 0.2) is 340 Å². The maximum absolute atomic E-state index is 10.2. The van der Waals surface area contributed by atoms with E-state index in [9.17, 15) is 69.0 Å². The van der Waals surface area contributed by atoms with Crippen molar-refractivity contribution in [3.05, 3.63) is 385 Å². The summed E-state index contributed by atoms with van der Waals surface area (Å²) < 4.78 is 0. The van der Waals surface area contributed by atoms with Crippen LogP contribution in [0.3, 0.4) is 0 Å². The maximum atomic E-state index is 10.2. The van der Waals surface area contributed by atoms with E-state index in [1.165, 1.54) is 72.8 Å². The third kappa shape index (κ3) is 31.7. The zero-order chi connectivity index (χ0) is 72.3. The Morgan fingerprint density at radius 1 is 0.196 bits per heavy atom. The quantitative estimate of drug-likeness (QED) is 0.134. The van der Waals surface area contributed by atoms with Crippen LogP contribution in [0, 0.1) is 98.8 Å². The summed E-state index contributed by atoms with van der Waals surface area (Å²) in [6, 6.07) is 89.2. The van der Waals surface area contributed by atoms with Crippen LogP contribution >= 0.6 is 0 Å². The van der Waals surface area contributed by atoms with Gasteiger partial charge in [0.05, 0.1) is 69.0 Å². The zero-order valence-electron chi connectivity index (χ0n) is 53.5. The number of hydrogen-bond donors (Lipinski definition) is 2. The summed E-state index contributed by atoms with van der Waals surface area (Å²) in [5.74, 6) is -8.53. The maximum Gasteiger partial charge on any atom is 3.00 e. The van der Waals surface area contributed by atoms with E-state index in [0.29, 0.717) is 11.1 Å². The van der Waals surface area contributed by atoms with Gasteiger partial charge < -0.3 is 69.6 Å².